The first-order chi connectivity index (χ1) is 10.8. The number of nitrogens with one attached hydrogen (secondary N) is 2. The Hall–Kier alpha value is -2.28. The molecular formula is C16H20N2O4S. The number of benzene rings is 1. The largest absolute Gasteiger partial charge is 0.508 e. The average molecular weight is 336 g/mol. The lowest BCUT2D eigenvalue weighted by Crippen LogP contribution is -2.45. The van der Waals surface area contributed by atoms with E-state index in [1.807, 2.05) is 0 Å². The Labute approximate surface area is 140 Å². The maximum Gasteiger partial charge on any atom is 0.338 e. The summed E-state index contributed by atoms with van der Waals surface area (Å²) in [6.07, 6.45) is -0.253. The van der Waals surface area contributed by atoms with Crippen molar-refractivity contribution in [2.45, 2.75) is 32.9 Å². The lowest BCUT2D eigenvalue weighted by Gasteiger charge is -2.30. The van der Waals surface area contributed by atoms with Crippen molar-refractivity contribution in [3.63, 3.8) is 0 Å². The zero-order chi connectivity index (χ0) is 17.1. The van der Waals surface area contributed by atoms with Crippen LogP contribution < -0.4 is 15.4 Å². The van der Waals surface area contributed by atoms with E-state index in [1.54, 1.807) is 32.9 Å². The van der Waals surface area contributed by atoms with Gasteiger partial charge in [-0.15, -0.1) is 0 Å². The number of phenols is 1. The van der Waals surface area contributed by atoms with Crippen molar-refractivity contribution in [2.75, 3.05) is 7.11 Å². The van der Waals surface area contributed by atoms with Gasteiger partial charge in [0.05, 0.1) is 24.8 Å². The van der Waals surface area contributed by atoms with Gasteiger partial charge >= 0.3 is 5.97 Å². The number of carbonyl (C=O) groups is 1. The molecule has 1 aromatic rings. The lowest BCUT2D eigenvalue weighted by atomic mass is 9.94. The fourth-order valence-corrected chi connectivity index (χ4v) is 2.64. The van der Waals surface area contributed by atoms with Crippen LogP contribution in [0.4, 0.5) is 0 Å². The van der Waals surface area contributed by atoms with Gasteiger partial charge in [-0.05, 0) is 51.2 Å². The van der Waals surface area contributed by atoms with Gasteiger partial charge in [0, 0.05) is 11.3 Å². The number of hydrogen-bond donors (Lipinski definition) is 3. The molecule has 2 rings (SSSR count). The molecule has 0 amide bonds. The summed E-state index contributed by atoms with van der Waals surface area (Å²) in [5, 5.41) is 16.5. The minimum absolute atomic E-state index is 0.0376. The van der Waals surface area contributed by atoms with Crippen LogP contribution >= 0.6 is 12.2 Å². The van der Waals surface area contributed by atoms with Crippen molar-refractivity contribution >= 4 is 23.3 Å². The number of allylic oxidation sites excluding steroid dienone is 1. The Kier molecular flexibility index (Phi) is 5.10. The van der Waals surface area contributed by atoms with Crippen LogP contribution in [0.5, 0.6) is 11.5 Å². The van der Waals surface area contributed by atoms with E-state index in [4.69, 9.17) is 21.7 Å². The third-order valence-corrected chi connectivity index (χ3v) is 3.60. The topological polar surface area (TPSA) is 79.8 Å². The van der Waals surface area contributed by atoms with Gasteiger partial charge in [-0.1, -0.05) is 0 Å². The summed E-state index contributed by atoms with van der Waals surface area (Å²) in [5.41, 5.74) is 1.45. The zero-order valence-electron chi connectivity index (χ0n) is 13.5. The number of thiocarbonyl (C=S) groups is 1. The monoisotopic (exact) mass is 336 g/mol. The number of esters is 1. The normalized spacial score (nSPS) is 17.6. The van der Waals surface area contributed by atoms with Gasteiger partial charge in [-0.25, -0.2) is 4.79 Å². The second-order valence-corrected chi connectivity index (χ2v) is 5.86. The van der Waals surface area contributed by atoms with Gasteiger partial charge in [0.15, 0.2) is 5.11 Å². The molecule has 1 aliphatic rings. The first kappa shape index (κ1) is 17.1. The number of methoxy groups -OCH3 is 1. The molecule has 0 saturated heterocycles. The molecule has 0 radical (unpaired) electrons. The zero-order valence-corrected chi connectivity index (χ0v) is 14.3. The Balaban J connectivity index is 2.51. The summed E-state index contributed by atoms with van der Waals surface area (Å²) in [6.45, 7) is 5.30. The van der Waals surface area contributed by atoms with E-state index in [-0.39, 0.29) is 11.9 Å². The van der Waals surface area contributed by atoms with Gasteiger partial charge in [0.2, 0.25) is 0 Å². The molecule has 1 aliphatic heterocycles. The first-order valence-electron chi connectivity index (χ1n) is 7.19. The maximum atomic E-state index is 12.5. The summed E-state index contributed by atoms with van der Waals surface area (Å²) in [5.74, 6) is 0.140. The molecular weight excluding hydrogens is 316 g/mol. The lowest BCUT2D eigenvalue weighted by molar-refractivity contribution is -0.143. The number of carbonyl (C=O) groups excluding carboxylic acids is 1. The molecule has 0 bridgehead atoms. The second-order valence-electron chi connectivity index (χ2n) is 5.45. The first-order valence-corrected chi connectivity index (χ1v) is 7.60. The second kappa shape index (κ2) is 6.87. The molecule has 1 aromatic carbocycles. The Morgan fingerprint density at radius 1 is 1.39 bits per heavy atom. The van der Waals surface area contributed by atoms with E-state index in [1.165, 1.54) is 13.2 Å². The molecule has 0 aliphatic carbocycles. The SMILES string of the molecule is COc1ccc(O)c([C@@H]2NC(=S)NC(C)=C2C(=O)OC(C)C)c1. The van der Waals surface area contributed by atoms with Crippen LogP contribution in [-0.4, -0.2) is 29.4 Å². The average Bonchev–Trinajstić information content (AvgIpc) is 2.46. The number of aromatic hydroxyl groups is 1. The minimum atomic E-state index is -0.620. The van der Waals surface area contributed by atoms with Gasteiger partial charge in [-0.3, -0.25) is 0 Å². The predicted octanol–water partition coefficient (Wildman–Crippen LogP) is 2.15. The summed E-state index contributed by atoms with van der Waals surface area (Å²) in [4.78, 5) is 12.5. The summed E-state index contributed by atoms with van der Waals surface area (Å²) in [6, 6.07) is 4.20. The van der Waals surface area contributed by atoms with Crippen LogP contribution in [0.3, 0.4) is 0 Å². The van der Waals surface area contributed by atoms with E-state index in [2.05, 4.69) is 10.6 Å². The van der Waals surface area contributed by atoms with Crippen molar-refractivity contribution < 1.29 is 19.4 Å². The van der Waals surface area contributed by atoms with Gasteiger partial charge < -0.3 is 25.2 Å². The summed E-state index contributed by atoms with van der Waals surface area (Å²) >= 11 is 5.17. The van der Waals surface area contributed by atoms with E-state index < -0.39 is 12.0 Å². The predicted molar refractivity (Wildman–Crippen MR) is 90.2 cm³/mol. The Morgan fingerprint density at radius 3 is 2.70 bits per heavy atom. The van der Waals surface area contributed by atoms with Crippen LogP contribution in [-0.2, 0) is 9.53 Å². The fraction of sp³-hybridized carbons (Fsp3) is 0.375. The number of ether oxygens (including phenoxy) is 2. The highest BCUT2D eigenvalue weighted by Crippen LogP contribution is 2.35. The third-order valence-electron chi connectivity index (χ3n) is 3.38. The molecule has 0 spiro atoms. The van der Waals surface area contributed by atoms with Gasteiger partial charge in [0.1, 0.15) is 11.5 Å². The third kappa shape index (κ3) is 3.73. The molecule has 23 heavy (non-hydrogen) atoms. The van der Waals surface area contributed by atoms with E-state index >= 15 is 0 Å². The highest BCUT2D eigenvalue weighted by Gasteiger charge is 2.33. The van der Waals surface area contributed by atoms with E-state index in [0.29, 0.717) is 27.7 Å². The number of rotatable bonds is 4. The standard InChI is InChI=1S/C16H20N2O4S/c1-8(2)22-15(20)13-9(3)17-16(23)18-14(13)11-7-10(21-4)5-6-12(11)19/h5-8,14,19H,1-4H3,(H2,17,18,23)/t14-/m0/s1. The van der Waals surface area contributed by atoms with E-state index in [0.717, 1.165) is 0 Å². The minimum Gasteiger partial charge on any atom is -0.508 e. The number of phenolic OH excluding ortho intramolecular Hbond substituents is 1. The van der Waals surface area contributed by atoms with Crippen LogP contribution in [0.2, 0.25) is 0 Å². The van der Waals surface area contributed by atoms with Crippen molar-refractivity contribution in [2.24, 2.45) is 0 Å². The smallest absolute Gasteiger partial charge is 0.338 e. The van der Waals surface area contributed by atoms with Crippen LogP contribution in [0.25, 0.3) is 0 Å². The molecule has 1 atom stereocenters. The van der Waals surface area contributed by atoms with E-state index in [9.17, 15) is 9.90 Å². The highest BCUT2D eigenvalue weighted by atomic mass is 32.1. The molecule has 0 saturated carbocycles. The van der Waals surface area contributed by atoms with Crippen LogP contribution in [0.1, 0.15) is 32.4 Å². The van der Waals surface area contributed by atoms with Gasteiger partial charge in [-0.2, -0.15) is 0 Å². The summed E-state index contributed by atoms with van der Waals surface area (Å²) in [7, 11) is 1.53. The maximum absolute atomic E-state index is 12.5. The molecule has 0 fully saturated rings. The van der Waals surface area contributed by atoms with Crippen molar-refractivity contribution in [1.82, 2.24) is 10.6 Å². The number of hydrogen-bond acceptors (Lipinski definition) is 5. The van der Waals surface area contributed by atoms with Crippen LogP contribution in [0.15, 0.2) is 29.5 Å². The van der Waals surface area contributed by atoms with Crippen LogP contribution in [0, 0.1) is 0 Å². The Bertz CT molecular complexity index is 670. The van der Waals surface area contributed by atoms with Gasteiger partial charge in [0.25, 0.3) is 0 Å². The summed E-state index contributed by atoms with van der Waals surface area (Å²) < 4.78 is 10.5. The molecule has 3 N–H and O–H groups in total. The molecule has 7 heteroatoms. The van der Waals surface area contributed by atoms with Crippen molar-refractivity contribution in [3.05, 3.63) is 35.0 Å². The highest BCUT2D eigenvalue weighted by molar-refractivity contribution is 7.80. The van der Waals surface area contributed by atoms with Crippen molar-refractivity contribution in [1.29, 1.82) is 0 Å². The molecule has 1 heterocycles. The molecule has 124 valence electrons. The van der Waals surface area contributed by atoms with Crippen molar-refractivity contribution in [3.8, 4) is 11.5 Å². The molecule has 0 aromatic heterocycles. The molecule has 6 nitrogen and oxygen atoms in total. The quantitative estimate of drug-likeness (QED) is 0.574. The molecule has 0 unspecified atom stereocenters. The fourth-order valence-electron chi connectivity index (χ4n) is 2.37. The Morgan fingerprint density at radius 2 is 2.09 bits per heavy atom.